The third kappa shape index (κ3) is 6.92. The number of carbonyl (C=O) groups excluding carboxylic acids is 1. The smallest absolute Gasteiger partial charge is 0.223 e. The minimum Gasteiger partial charge on any atom is -0.382 e. The average Bonchev–Trinajstić information content (AvgIpc) is 2.33. The maximum absolute atomic E-state index is 12.1. The first-order valence-electron chi connectivity index (χ1n) is 7.27. The number of amides is 1. The predicted octanol–water partition coefficient (Wildman–Crippen LogP) is 2.32. The van der Waals surface area contributed by atoms with Crippen molar-refractivity contribution in [2.45, 2.75) is 40.0 Å². The molecule has 1 aliphatic heterocycles. The van der Waals surface area contributed by atoms with Gasteiger partial charge in [0.25, 0.3) is 0 Å². The van der Waals surface area contributed by atoms with Gasteiger partial charge in [-0.25, -0.2) is 0 Å². The summed E-state index contributed by atoms with van der Waals surface area (Å²) in [6.07, 6.45) is 2.76. The van der Waals surface area contributed by atoms with Crippen LogP contribution in [-0.4, -0.2) is 50.8 Å². The van der Waals surface area contributed by atoms with Gasteiger partial charge in [-0.3, -0.25) is 4.79 Å². The summed E-state index contributed by atoms with van der Waals surface area (Å²) in [4.78, 5) is 14.1. The molecule has 1 rings (SSSR count). The fourth-order valence-corrected chi connectivity index (χ4v) is 2.31. The quantitative estimate of drug-likeness (QED) is 0.696. The van der Waals surface area contributed by atoms with Gasteiger partial charge in [0, 0.05) is 33.2 Å². The summed E-state index contributed by atoms with van der Waals surface area (Å²) < 4.78 is 10.5. The molecule has 1 amide bonds. The van der Waals surface area contributed by atoms with Gasteiger partial charge in [-0.2, -0.15) is 0 Å². The van der Waals surface area contributed by atoms with Crippen LogP contribution >= 0.6 is 0 Å². The Balaban J connectivity index is 2.19. The van der Waals surface area contributed by atoms with Crippen molar-refractivity contribution < 1.29 is 14.3 Å². The number of nitrogens with zero attached hydrogens (tertiary/aromatic N) is 1. The Bertz CT molecular complexity index is 265. The molecular weight excluding hydrogens is 242 g/mol. The van der Waals surface area contributed by atoms with E-state index >= 15 is 0 Å². The number of piperidine rings is 1. The average molecular weight is 271 g/mol. The lowest BCUT2D eigenvalue weighted by molar-refractivity contribution is -0.134. The SMILES string of the molecule is COCCOCC1CCN(C(=O)CC(C)(C)C)CC1. The molecule has 0 atom stereocenters. The number of carbonyl (C=O) groups is 1. The molecule has 0 N–H and O–H groups in total. The zero-order valence-electron chi connectivity index (χ0n) is 12.9. The zero-order chi connectivity index (χ0) is 14.3. The molecule has 0 aromatic rings. The van der Waals surface area contributed by atoms with Crippen molar-refractivity contribution in [3.05, 3.63) is 0 Å². The van der Waals surface area contributed by atoms with E-state index in [4.69, 9.17) is 9.47 Å². The van der Waals surface area contributed by atoms with Gasteiger partial charge in [0.15, 0.2) is 0 Å². The number of likely N-dealkylation sites (tertiary alicyclic amines) is 1. The highest BCUT2D eigenvalue weighted by molar-refractivity contribution is 5.76. The maximum Gasteiger partial charge on any atom is 0.223 e. The van der Waals surface area contributed by atoms with Gasteiger partial charge in [0.05, 0.1) is 13.2 Å². The van der Waals surface area contributed by atoms with E-state index < -0.39 is 0 Å². The lowest BCUT2D eigenvalue weighted by Gasteiger charge is -2.33. The summed E-state index contributed by atoms with van der Waals surface area (Å²) in [5.74, 6) is 0.891. The molecule has 0 bridgehead atoms. The Kier molecular flexibility index (Phi) is 6.80. The maximum atomic E-state index is 12.1. The molecule has 1 heterocycles. The van der Waals surface area contributed by atoms with Crippen LogP contribution in [0, 0.1) is 11.3 Å². The van der Waals surface area contributed by atoms with E-state index in [-0.39, 0.29) is 5.41 Å². The molecule has 0 unspecified atom stereocenters. The fourth-order valence-electron chi connectivity index (χ4n) is 2.31. The van der Waals surface area contributed by atoms with Crippen LogP contribution in [-0.2, 0) is 14.3 Å². The van der Waals surface area contributed by atoms with E-state index in [1.54, 1.807) is 7.11 Å². The molecule has 0 aromatic heterocycles. The molecule has 4 heteroatoms. The number of hydrogen-bond acceptors (Lipinski definition) is 3. The number of hydrogen-bond donors (Lipinski definition) is 0. The minimum absolute atomic E-state index is 0.0806. The Morgan fingerprint density at radius 1 is 1.21 bits per heavy atom. The van der Waals surface area contributed by atoms with E-state index in [1.807, 2.05) is 4.90 Å². The highest BCUT2D eigenvalue weighted by Gasteiger charge is 2.25. The van der Waals surface area contributed by atoms with E-state index in [0.717, 1.165) is 32.5 Å². The molecular formula is C15H29NO3. The van der Waals surface area contributed by atoms with Gasteiger partial charge in [-0.05, 0) is 24.2 Å². The lowest BCUT2D eigenvalue weighted by atomic mass is 9.90. The van der Waals surface area contributed by atoms with Crippen molar-refractivity contribution in [1.82, 2.24) is 4.90 Å². The predicted molar refractivity (Wildman–Crippen MR) is 76.1 cm³/mol. The van der Waals surface area contributed by atoms with Crippen LogP contribution in [0.3, 0.4) is 0 Å². The van der Waals surface area contributed by atoms with Crippen molar-refractivity contribution in [1.29, 1.82) is 0 Å². The van der Waals surface area contributed by atoms with E-state index in [1.165, 1.54) is 0 Å². The van der Waals surface area contributed by atoms with Crippen molar-refractivity contribution in [2.75, 3.05) is 40.0 Å². The standard InChI is InChI=1S/C15H29NO3/c1-15(2,3)11-14(17)16-7-5-13(6-8-16)12-19-10-9-18-4/h13H,5-12H2,1-4H3. The summed E-state index contributed by atoms with van der Waals surface area (Å²) in [5, 5.41) is 0. The first kappa shape index (κ1) is 16.4. The lowest BCUT2D eigenvalue weighted by Crippen LogP contribution is -2.40. The Labute approximate surface area is 117 Å². The van der Waals surface area contributed by atoms with Crippen LogP contribution in [0.15, 0.2) is 0 Å². The van der Waals surface area contributed by atoms with Gasteiger partial charge in [0.1, 0.15) is 0 Å². The number of rotatable bonds is 6. The van der Waals surface area contributed by atoms with Crippen LogP contribution in [0.25, 0.3) is 0 Å². The third-order valence-electron chi connectivity index (χ3n) is 3.43. The first-order valence-corrected chi connectivity index (χ1v) is 7.27. The van der Waals surface area contributed by atoms with Gasteiger partial charge in [-0.1, -0.05) is 20.8 Å². The van der Waals surface area contributed by atoms with E-state index in [0.29, 0.717) is 31.5 Å². The fraction of sp³-hybridized carbons (Fsp3) is 0.933. The minimum atomic E-state index is 0.0806. The van der Waals surface area contributed by atoms with Crippen LogP contribution in [0.2, 0.25) is 0 Å². The molecule has 4 nitrogen and oxygen atoms in total. The van der Waals surface area contributed by atoms with Crippen LogP contribution in [0.4, 0.5) is 0 Å². The van der Waals surface area contributed by atoms with E-state index in [2.05, 4.69) is 20.8 Å². The molecule has 1 aliphatic rings. The molecule has 19 heavy (non-hydrogen) atoms. The summed E-state index contributed by atoms with van der Waals surface area (Å²) in [7, 11) is 1.68. The zero-order valence-corrected chi connectivity index (χ0v) is 12.9. The van der Waals surface area contributed by atoms with Gasteiger partial charge in [-0.15, -0.1) is 0 Å². The largest absolute Gasteiger partial charge is 0.382 e. The molecule has 112 valence electrons. The molecule has 1 saturated heterocycles. The molecule has 0 saturated carbocycles. The second kappa shape index (κ2) is 7.85. The van der Waals surface area contributed by atoms with Crippen molar-refractivity contribution >= 4 is 5.91 Å². The summed E-state index contributed by atoms with van der Waals surface area (Å²) in [6.45, 7) is 10.2. The molecule has 0 radical (unpaired) electrons. The topological polar surface area (TPSA) is 38.8 Å². The molecule has 1 fully saturated rings. The summed E-state index contributed by atoms with van der Waals surface area (Å²) in [5.41, 5.74) is 0.0806. The van der Waals surface area contributed by atoms with Crippen molar-refractivity contribution in [2.24, 2.45) is 11.3 Å². The van der Waals surface area contributed by atoms with Crippen molar-refractivity contribution in [3.63, 3.8) is 0 Å². The van der Waals surface area contributed by atoms with Crippen LogP contribution < -0.4 is 0 Å². The van der Waals surface area contributed by atoms with Crippen LogP contribution in [0.5, 0.6) is 0 Å². The molecule has 0 aromatic carbocycles. The third-order valence-corrected chi connectivity index (χ3v) is 3.43. The van der Waals surface area contributed by atoms with Gasteiger partial charge in [0.2, 0.25) is 5.91 Å². The van der Waals surface area contributed by atoms with Crippen LogP contribution in [0.1, 0.15) is 40.0 Å². The normalized spacial score (nSPS) is 17.8. The second-order valence-electron chi connectivity index (χ2n) is 6.63. The first-order chi connectivity index (χ1) is 8.92. The van der Waals surface area contributed by atoms with Gasteiger partial charge >= 0.3 is 0 Å². The second-order valence-corrected chi connectivity index (χ2v) is 6.63. The van der Waals surface area contributed by atoms with E-state index in [9.17, 15) is 4.79 Å². The molecule has 0 aliphatic carbocycles. The Morgan fingerprint density at radius 2 is 1.84 bits per heavy atom. The Hall–Kier alpha value is -0.610. The number of ether oxygens (including phenoxy) is 2. The summed E-state index contributed by atoms with van der Waals surface area (Å²) >= 11 is 0. The summed E-state index contributed by atoms with van der Waals surface area (Å²) in [6, 6.07) is 0. The highest BCUT2D eigenvalue weighted by Crippen LogP contribution is 2.23. The number of methoxy groups -OCH3 is 1. The van der Waals surface area contributed by atoms with Crippen molar-refractivity contribution in [3.8, 4) is 0 Å². The monoisotopic (exact) mass is 271 g/mol. The Morgan fingerprint density at radius 3 is 2.37 bits per heavy atom. The molecule has 0 spiro atoms. The highest BCUT2D eigenvalue weighted by atomic mass is 16.5. The van der Waals surface area contributed by atoms with Gasteiger partial charge < -0.3 is 14.4 Å².